The fourth-order valence-electron chi connectivity index (χ4n) is 2.72. The second kappa shape index (κ2) is 6.24. The molecule has 2 nitrogen and oxygen atoms in total. The molecule has 2 rings (SSSR count). The van der Waals surface area contributed by atoms with Gasteiger partial charge in [-0.05, 0) is 55.5 Å². The third-order valence-corrected chi connectivity index (χ3v) is 3.72. The predicted octanol–water partition coefficient (Wildman–Crippen LogP) is 2.93. The van der Waals surface area contributed by atoms with Gasteiger partial charge >= 0.3 is 0 Å². The molecule has 1 atom stereocenters. The van der Waals surface area contributed by atoms with E-state index in [1.807, 2.05) is 0 Å². The Kier molecular flexibility index (Phi) is 4.65. The van der Waals surface area contributed by atoms with E-state index >= 15 is 0 Å². The minimum absolute atomic E-state index is 0.734. The number of nitrogens with one attached hydrogen (secondary N) is 1. The number of hydrogen-bond donors (Lipinski definition) is 1. The van der Waals surface area contributed by atoms with E-state index in [-0.39, 0.29) is 0 Å². The number of anilines is 1. The molecule has 1 fully saturated rings. The summed E-state index contributed by atoms with van der Waals surface area (Å²) >= 11 is 0. The fourth-order valence-corrected chi connectivity index (χ4v) is 2.72. The first kappa shape index (κ1) is 13.4. The summed E-state index contributed by atoms with van der Waals surface area (Å²) in [6.45, 7) is 8.07. The summed E-state index contributed by atoms with van der Waals surface area (Å²) in [5.74, 6) is 1.54. The van der Waals surface area contributed by atoms with Crippen molar-refractivity contribution in [2.24, 2.45) is 11.8 Å². The molecule has 0 radical (unpaired) electrons. The standard InChI is InChI=1S/C16H26N2/c1-13(2)10-14-4-6-16(7-5-14)18(3)12-15-8-9-17-11-15/h4-7,13,15,17H,8-12H2,1-3H3. The molecule has 2 heteroatoms. The molecule has 18 heavy (non-hydrogen) atoms. The third kappa shape index (κ3) is 3.74. The van der Waals surface area contributed by atoms with Gasteiger partial charge in [0, 0.05) is 19.3 Å². The molecule has 0 amide bonds. The molecule has 1 saturated heterocycles. The van der Waals surface area contributed by atoms with E-state index in [1.165, 1.54) is 37.2 Å². The molecule has 1 heterocycles. The minimum Gasteiger partial charge on any atom is -0.374 e. The van der Waals surface area contributed by atoms with E-state index in [2.05, 4.69) is 55.4 Å². The molecular formula is C16H26N2. The van der Waals surface area contributed by atoms with Gasteiger partial charge in [-0.25, -0.2) is 0 Å². The average molecular weight is 246 g/mol. The van der Waals surface area contributed by atoms with Crippen LogP contribution in [0.25, 0.3) is 0 Å². The molecule has 1 aromatic carbocycles. The molecule has 0 saturated carbocycles. The summed E-state index contributed by atoms with van der Waals surface area (Å²) in [4.78, 5) is 2.39. The Morgan fingerprint density at radius 1 is 1.28 bits per heavy atom. The van der Waals surface area contributed by atoms with Gasteiger partial charge in [-0.1, -0.05) is 26.0 Å². The lowest BCUT2D eigenvalue weighted by atomic mass is 10.0. The summed E-state index contributed by atoms with van der Waals surface area (Å²) < 4.78 is 0. The van der Waals surface area contributed by atoms with E-state index < -0.39 is 0 Å². The highest BCUT2D eigenvalue weighted by Crippen LogP contribution is 2.18. The van der Waals surface area contributed by atoms with E-state index in [0.717, 1.165) is 18.4 Å². The van der Waals surface area contributed by atoms with Crippen molar-refractivity contribution < 1.29 is 0 Å². The van der Waals surface area contributed by atoms with Gasteiger partial charge in [0.05, 0.1) is 0 Å². The molecule has 100 valence electrons. The van der Waals surface area contributed by atoms with Crippen molar-refractivity contribution in [1.29, 1.82) is 0 Å². The summed E-state index contributed by atoms with van der Waals surface area (Å²) in [6.07, 6.45) is 2.49. The minimum atomic E-state index is 0.734. The Labute approximate surface area is 111 Å². The van der Waals surface area contributed by atoms with Crippen LogP contribution in [0.1, 0.15) is 25.8 Å². The molecule has 0 aliphatic carbocycles. The van der Waals surface area contributed by atoms with Crippen LogP contribution < -0.4 is 10.2 Å². The van der Waals surface area contributed by atoms with E-state index in [9.17, 15) is 0 Å². The van der Waals surface area contributed by atoms with Crippen LogP contribution in [-0.4, -0.2) is 26.7 Å². The second-order valence-electron chi connectivity index (χ2n) is 6.00. The largest absolute Gasteiger partial charge is 0.374 e. The molecule has 1 N–H and O–H groups in total. The molecular weight excluding hydrogens is 220 g/mol. The maximum Gasteiger partial charge on any atom is 0.0363 e. The van der Waals surface area contributed by atoms with Crippen molar-refractivity contribution in [2.75, 3.05) is 31.6 Å². The van der Waals surface area contributed by atoms with Crippen molar-refractivity contribution >= 4 is 5.69 Å². The van der Waals surface area contributed by atoms with E-state index in [1.54, 1.807) is 0 Å². The first-order chi connectivity index (χ1) is 8.65. The van der Waals surface area contributed by atoms with Gasteiger partial charge in [-0.3, -0.25) is 0 Å². The maximum absolute atomic E-state index is 3.43. The van der Waals surface area contributed by atoms with Crippen LogP contribution in [0.15, 0.2) is 24.3 Å². The first-order valence-electron chi connectivity index (χ1n) is 7.16. The monoisotopic (exact) mass is 246 g/mol. The Morgan fingerprint density at radius 2 is 2.00 bits per heavy atom. The van der Waals surface area contributed by atoms with Crippen molar-refractivity contribution in [3.8, 4) is 0 Å². The van der Waals surface area contributed by atoms with Crippen LogP contribution in [0, 0.1) is 11.8 Å². The van der Waals surface area contributed by atoms with Crippen LogP contribution in [0.3, 0.4) is 0 Å². The molecule has 0 aromatic heterocycles. The maximum atomic E-state index is 3.43. The lowest BCUT2D eigenvalue weighted by molar-refractivity contribution is 0.578. The SMILES string of the molecule is CC(C)Cc1ccc(N(C)CC2CCNC2)cc1. The zero-order valence-corrected chi connectivity index (χ0v) is 11.9. The molecule has 1 unspecified atom stereocenters. The average Bonchev–Trinajstić information content (AvgIpc) is 2.82. The predicted molar refractivity (Wildman–Crippen MR) is 79.2 cm³/mol. The lowest BCUT2D eigenvalue weighted by Gasteiger charge is -2.23. The number of hydrogen-bond acceptors (Lipinski definition) is 2. The highest BCUT2D eigenvalue weighted by atomic mass is 15.1. The highest BCUT2D eigenvalue weighted by Gasteiger charge is 2.16. The molecule has 1 aliphatic rings. The fraction of sp³-hybridized carbons (Fsp3) is 0.625. The third-order valence-electron chi connectivity index (χ3n) is 3.72. The summed E-state index contributed by atoms with van der Waals surface area (Å²) in [5, 5.41) is 3.43. The van der Waals surface area contributed by atoms with Gasteiger partial charge in [0.2, 0.25) is 0 Å². The van der Waals surface area contributed by atoms with Gasteiger partial charge < -0.3 is 10.2 Å². The number of rotatable bonds is 5. The topological polar surface area (TPSA) is 15.3 Å². The Bertz CT molecular complexity index is 350. The van der Waals surface area contributed by atoms with E-state index in [4.69, 9.17) is 0 Å². The zero-order valence-electron chi connectivity index (χ0n) is 11.9. The quantitative estimate of drug-likeness (QED) is 0.859. The highest BCUT2D eigenvalue weighted by molar-refractivity contribution is 5.47. The van der Waals surface area contributed by atoms with Gasteiger partial charge in [-0.15, -0.1) is 0 Å². The smallest absolute Gasteiger partial charge is 0.0363 e. The first-order valence-corrected chi connectivity index (χ1v) is 7.16. The summed E-state index contributed by atoms with van der Waals surface area (Å²) in [7, 11) is 2.20. The Balaban J connectivity index is 1.91. The van der Waals surface area contributed by atoms with Gasteiger partial charge in [0.1, 0.15) is 0 Å². The Hall–Kier alpha value is -1.02. The van der Waals surface area contributed by atoms with E-state index in [0.29, 0.717) is 0 Å². The van der Waals surface area contributed by atoms with Gasteiger partial charge in [-0.2, -0.15) is 0 Å². The number of nitrogens with zero attached hydrogens (tertiary/aromatic N) is 1. The second-order valence-corrected chi connectivity index (χ2v) is 6.00. The van der Waals surface area contributed by atoms with Crippen molar-refractivity contribution in [3.63, 3.8) is 0 Å². The van der Waals surface area contributed by atoms with Crippen molar-refractivity contribution in [3.05, 3.63) is 29.8 Å². The lowest BCUT2D eigenvalue weighted by Crippen LogP contribution is -2.26. The van der Waals surface area contributed by atoms with Crippen LogP contribution in [0.4, 0.5) is 5.69 Å². The molecule has 0 spiro atoms. The summed E-state index contributed by atoms with van der Waals surface area (Å²) in [5.41, 5.74) is 2.79. The van der Waals surface area contributed by atoms with Crippen LogP contribution in [-0.2, 0) is 6.42 Å². The molecule has 1 aliphatic heterocycles. The molecule has 0 bridgehead atoms. The van der Waals surface area contributed by atoms with Crippen molar-refractivity contribution in [2.45, 2.75) is 26.7 Å². The van der Waals surface area contributed by atoms with Gasteiger partial charge in [0.15, 0.2) is 0 Å². The van der Waals surface area contributed by atoms with Crippen LogP contribution in [0.5, 0.6) is 0 Å². The zero-order chi connectivity index (χ0) is 13.0. The van der Waals surface area contributed by atoms with Crippen molar-refractivity contribution in [1.82, 2.24) is 5.32 Å². The molecule has 1 aromatic rings. The number of benzene rings is 1. The van der Waals surface area contributed by atoms with Crippen LogP contribution >= 0.6 is 0 Å². The summed E-state index contributed by atoms with van der Waals surface area (Å²) in [6, 6.07) is 9.08. The normalized spacial score (nSPS) is 19.4. The van der Waals surface area contributed by atoms with Gasteiger partial charge in [0.25, 0.3) is 0 Å². The Morgan fingerprint density at radius 3 is 2.56 bits per heavy atom. The van der Waals surface area contributed by atoms with Crippen LogP contribution in [0.2, 0.25) is 0 Å².